The second kappa shape index (κ2) is 8.73. The van der Waals surface area contributed by atoms with E-state index < -0.39 is 0 Å². The molecule has 1 aliphatic heterocycles. The first kappa shape index (κ1) is 19.0. The molecule has 0 N–H and O–H groups in total. The minimum absolute atomic E-state index is 0.202. The third-order valence-corrected chi connectivity index (χ3v) is 5.26. The van der Waals surface area contributed by atoms with Gasteiger partial charge < -0.3 is 4.74 Å². The molecule has 0 radical (unpaired) electrons. The highest BCUT2D eigenvalue weighted by Crippen LogP contribution is 2.37. The highest BCUT2D eigenvalue weighted by Gasteiger charge is 2.38. The van der Waals surface area contributed by atoms with Crippen LogP contribution in [-0.2, 0) is 15.3 Å². The van der Waals surface area contributed by atoms with Gasteiger partial charge >= 0.3 is 0 Å². The molecular formula is C22H21NO3S. The van der Waals surface area contributed by atoms with Crippen molar-refractivity contribution in [1.82, 2.24) is 4.90 Å². The zero-order chi connectivity index (χ0) is 19.2. The van der Waals surface area contributed by atoms with Crippen molar-refractivity contribution in [2.24, 2.45) is 0 Å². The van der Waals surface area contributed by atoms with Gasteiger partial charge in [-0.25, -0.2) is 0 Å². The summed E-state index contributed by atoms with van der Waals surface area (Å²) in [6.07, 6.45) is 1.57. The van der Waals surface area contributed by atoms with Gasteiger partial charge in [0.25, 0.3) is 11.8 Å². The Bertz CT molecular complexity index is 872. The maximum absolute atomic E-state index is 12.9. The first-order chi connectivity index (χ1) is 13.2. The summed E-state index contributed by atoms with van der Waals surface area (Å²) in [5.74, 6) is 0.821. The summed E-state index contributed by atoms with van der Waals surface area (Å²) in [4.78, 5) is 27.5. The van der Waals surface area contributed by atoms with Gasteiger partial charge in [-0.2, -0.15) is 0 Å². The summed E-state index contributed by atoms with van der Waals surface area (Å²) in [7, 11) is 0. The van der Waals surface area contributed by atoms with Crippen molar-refractivity contribution in [3.8, 4) is 5.75 Å². The second-order valence-electron chi connectivity index (χ2n) is 5.95. The lowest BCUT2D eigenvalue weighted by Crippen LogP contribution is -2.31. The van der Waals surface area contributed by atoms with Crippen molar-refractivity contribution in [1.29, 1.82) is 0 Å². The smallest absolute Gasteiger partial charge is 0.268 e. The number of carbonyl (C=O) groups excluding carboxylic acids is 2. The average Bonchev–Trinajstić information content (AvgIpc) is 2.93. The molecule has 1 aliphatic rings. The van der Waals surface area contributed by atoms with Crippen molar-refractivity contribution < 1.29 is 14.3 Å². The van der Waals surface area contributed by atoms with Gasteiger partial charge in [0.05, 0.1) is 17.1 Å². The zero-order valence-electron chi connectivity index (χ0n) is 15.2. The summed E-state index contributed by atoms with van der Waals surface area (Å²) >= 11 is 1.40. The minimum atomic E-state index is -0.278. The topological polar surface area (TPSA) is 46.6 Å². The van der Waals surface area contributed by atoms with Gasteiger partial charge in [0, 0.05) is 12.3 Å². The Labute approximate surface area is 163 Å². The van der Waals surface area contributed by atoms with Gasteiger partial charge in [0.2, 0.25) is 0 Å². The Morgan fingerprint density at radius 2 is 1.74 bits per heavy atom. The molecule has 0 aromatic heterocycles. The fraction of sp³-hybridized carbons (Fsp3) is 0.182. The lowest BCUT2D eigenvalue weighted by Gasteiger charge is -2.12. The van der Waals surface area contributed by atoms with Crippen molar-refractivity contribution in [3.05, 3.63) is 83.3 Å². The molecule has 5 heteroatoms. The Morgan fingerprint density at radius 3 is 2.37 bits per heavy atom. The number of amides is 2. The molecule has 27 heavy (non-hydrogen) atoms. The molecule has 0 unspecified atom stereocenters. The molecule has 3 rings (SSSR count). The lowest BCUT2D eigenvalue weighted by molar-refractivity contribution is -0.135. The largest absolute Gasteiger partial charge is 0.494 e. The molecule has 0 bridgehead atoms. The van der Waals surface area contributed by atoms with Crippen LogP contribution in [-0.4, -0.2) is 29.9 Å². The second-order valence-corrected chi connectivity index (χ2v) is 6.93. The van der Waals surface area contributed by atoms with Crippen molar-refractivity contribution in [2.45, 2.75) is 12.7 Å². The van der Waals surface area contributed by atoms with Crippen LogP contribution in [0, 0.1) is 0 Å². The Kier molecular flexibility index (Phi) is 6.14. The van der Waals surface area contributed by atoms with E-state index in [1.54, 1.807) is 6.08 Å². The molecule has 1 heterocycles. The van der Waals surface area contributed by atoms with Crippen LogP contribution in [0.4, 0.5) is 0 Å². The number of carbonyl (C=O) groups is 2. The summed E-state index contributed by atoms with van der Waals surface area (Å²) in [5.41, 5.74) is 2.27. The molecule has 0 saturated heterocycles. The fourth-order valence-electron chi connectivity index (χ4n) is 2.85. The van der Waals surface area contributed by atoms with Gasteiger partial charge in [0.1, 0.15) is 5.75 Å². The van der Waals surface area contributed by atoms with Gasteiger partial charge in [-0.1, -0.05) is 48.5 Å². The predicted molar refractivity (Wildman–Crippen MR) is 109 cm³/mol. The Morgan fingerprint density at radius 1 is 1.04 bits per heavy atom. The third-order valence-electron chi connectivity index (χ3n) is 4.12. The summed E-state index contributed by atoms with van der Waals surface area (Å²) < 4.78 is 5.47. The molecule has 2 aromatic carbocycles. The molecule has 0 atom stereocenters. The number of benzene rings is 2. The van der Waals surface area contributed by atoms with Gasteiger partial charge in [-0.15, -0.1) is 18.3 Å². The van der Waals surface area contributed by atoms with Crippen LogP contribution in [0.3, 0.4) is 0 Å². The maximum atomic E-state index is 12.9. The van der Waals surface area contributed by atoms with Crippen LogP contribution in [0.5, 0.6) is 5.75 Å². The monoisotopic (exact) mass is 379 g/mol. The van der Waals surface area contributed by atoms with E-state index in [1.807, 2.05) is 61.5 Å². The van der Waals surface area contributed by atoms with E-state index in [1.165, 1.54) is 16.7 Å². The summed E-state index contributed by atoms with van der Waals surface area (Å²) in [6, 6.07) is 17.2. The van der Waals surface area contributed by atoms with Crippen molar-refractivity contribution in [2.75, 3.05) is 13.2 Å². The van der Waals surface area contributed by atoms with Crippen molar-refractivity contribution >= 4 is 29.1 Å². The van der Waals surface area contributed by atoms with Crippen LogP contribution in [0.2, 0.25) is 0 Å². The summed E-state index contributed by atoms with van der Waals surface area (Å²) in [5, 5.41) is 0. The summed E-state index contributed by atoms with van der Waals surface area (Å²) in [6.45, 7) is 6.35. The lowest BCUT2D eigenvalue weighted by atomic mass is 10.1. The molecule has 138 valence electrons. The van der Waals surface area contributed by atoms with Crippen LogP contribution >= 0.6 is 11.8 Å². The molecule has 4 nitrogen and oxygen atoms in total. The highest BCUT2D eigenvalue weighted by molar-refractivity contribution is 8.03. The molecule has 2 amide bonds. The van der Waals surface area contributed by atoms with Gasteiger partial charge in [-0.3, -0.25) is 14.5 Å². The molecule has 0 spiro atoms. The van der Waals surface area contributed by atoms with Gasteiger partial charge in [0.15, 0.2) is 0 Å². The van der Waals surface area contributed by atoms with E-state index in [0.29, 0.717) is 22.8 Å². The number of nitrogens with zero attached hydrogens (tertiary/aromatic N) is 1. The van der Waals surface area contributed by atoms with Crippen LogP contribution in [0.25, 0.3) is 5.57 Å². The van der Waals surface area contributed by atoms with Gasteiger partial charge in [-0.05, 0) is 30.2 Å². The van der Waals surface area contributed by atoms with E-state index in [2.05, 4.69) is 6.58 Å². The molecular weight excluding hydrogens is 358 g/mol. The number of rotatable bonds is 8. The fourth-order valence-corrected chi connectivity index (χ4v) is 3.94. The molecule has 0 aliphatic carbocycles. The number of hydrogen-bond donors (Lipinski definition) is 0. The molecule has 0 saturated carbocycles. The van der Waals surface area contributed by atoms with E-state index in [-0.39, 0.29) is 18.4 Å². The van der Waals surface area contributed by atoms with E-state index in [4.69, 9.17) is 4.74 Å². The quantitative estimate of drug-likeness (QED) is 0.507. The number of hydrogen-bond acceptors (Lipinski definition) is 4. The molecule has 2 aromatic rings. The maximum Gasteiger partial charge on any atom is 0.268 e. The Hall–Kier alpha value is -2.79. The number of thioether (sulfide) groups is 1. The van der Waals surface area contributed by atoms with E-state index in [9.17, 15) is 9.59 Å². The SMILES string of the molecule is C=CCN1C(=O)C(SCc2ccccc2)=C(c2ccc(OCC)cc2)C1=O. The third kappa shape index (κ3) is 4.14. The first-order valence-corrected chi connectivity index (χ1v) is 9.75. The number of imide groups is 1. The zero-order valence-corrected chi connectivity index (χ0v) is 16.0. The van der Waals surface area contributed by atoms with Crippen LogP contribution < -0.4 is 4.74 Å². The molecule has 0 fully saturated rings. The standard InChI is InChI=1S/C22H21NO3S/c1-3-14-23-21(24)19(17-10-12-18(13-11-17)26-4-2)20(22(23)25)27-15-16-8-6-5-7-9-16/h3,5-13H,1,4,14-15H2,2H3. The van der Waals surface area contributed by atoms with E-state index in [0.717, 1.165) is 16.9 Å². The first-order valence-electron chi connectivity index (χ1n) is 8.77. The van der Waals surface area contributed by atoms with Crippen molar-refractivity contribution in [3.63, 3.8) is 0 Å². The minimum Gasteiger partial charge on any atom is -0.494 e. The van der Waals surface area contributed by atoms with Crippen LogP contribution in [0.1, 0.15) is 18.1 Å². The average molecular weight is 379 g/mol. The highest BCUT2D eigenvalue weighted by atomic mass is 32.2. The predicted octanol–water partition coefficient (Wildman–Crippen LogP) is 4.28. The van der Waals surface area contributed by atoms with E-state index >= 15 is 0 Å². The normalized spacial score (nSPS) is 14.0. The Balaban J connectivity index is 1.94. The van der Waals surface area contributed by atoms with Crippen LogP contribution in [0.15, 0.2) is 72.2 Å². The number of ether oxygens (including phenoxy) is 1.